The second-order valence-electron chi connectivity index (χ2n) is 3.22. The van der Waals surface area contributed by atoms with Gasteiger partial charge in [-0.2, -0.15) is 0 Å². The van der Waals surface area contributed by atoms with Gasteiger partial charge in [-0.25, -0.2) is 0 Å². The van der Waals surface area contributed by atoms with Crippen LogP contribution in [0.4, 0.5) is 0 Å². The minimum Gasteiger partial charge on any atom is -0.496 e. The van der Waals surface area contributed by atoms with Crippen LogP contribution in [0.5, 0.6) is 5.75 Å². The van der Waals surface area contributed by atoms with E-state index in [1.165, 1.54) is 0 Å². The molecule has 1 unspecified atom stereocenters. The van der Waals surface area contributed by atoms with Crippen molar-refractivity contribution >= 4 is 21.7 Å². The minimum atomic E-state index is -0.322. The molecule has 0 radical (unpaired) electrons. The Bertz CT molecular complexity index is 366. The van der Waals surface area contributed by atoms with Crippen molar-refractivity contribution in [3.05, 3.63) is 28.2 Å². The highest BCUT2D eigenvalue weighted by Gasteiger charge is 2.18. The number of hydrogen-bond acceptors (Lipinski definition) is 3. The number of carbonyl (C=O) groups is 1. The number of ketones is 1. The van der Waals surface area contributed by atoms with Gasteiger partial charge < -0.3 is 10.1 Å². The Balaban J connectivity index is 3.19. The van der Waals surface area contributed by atoms with E-state index >= 15 is 0 Å². The van der Waals surface area contributed by atoms with Crippen LogP contribution < -0.4 is 10.1 Å². The molecule has 0 saturated carbocycles. The standard InChI is InChI=1S/C11H14BrNO2/c1-7(14)11(13-2)9-6-8(12)4-5-10(9)15-3/h4-6,11,13H,1-3H3. The zero-order chi connectivity index (χ0) is 11.4. The number of Topliss-reactive ketones (excluding diaryl/α,β-unsaturated/α-hetero) is 1. The lowest BCUT2D eigenvalue weighted by atomic mass is 10.0. The summed E-state index contributed by atoms with van der Waals surface area (Å²) >= 11 is 3.38. The number of rotatable bonds is 4. The highest BCUT2D eigenvalue weighted by molar-refractivity contribution is 9.10. The van der Waals surface area contributed by atoms with Crippen molar-refractivity contribution in [3.8, 4) is 5.75 Å². The maximum absolute atomic E-state index is 11.4. The van der Waals surface area contributed by atoms with E-state index in [1.807, 2.05) is 18.2 Å². The molecule has 0 aromatic heterocycles. The predicted octanol–water partition coefficient (Wildman–Crippen LogP) is 2.31. The highest BCUT2D eigenvalue weighted by atomic mass is 79.9. The Morgan fingerprint density at radius 1 is 1.53 bits per heavy atom. The Hall–Kier alpha value is -0.870. The number of benzene rings is 1. The summed E-state index contributed by atoms with van der Waals surface area (Å²) in [7, 11) is 3.35. The molecule has 0 aliphatic rings. The molecule has 0 amide bonds. The Labute approximate surface area is 97.9 Å². The first-order valence-electron chi connectivity index (χ1n) is 4.61. The minimum absolute atomic E-state index is 0.0638. The van der Waals surface area contributed by atoms with Crippen molar-refractivity contribution in [2.24, 2.45) is 0 Å². The molecule has 4 heteroatoms. The summed E-state index contributed by atoms with van der Waals surface area (Å²) in [5.41, 5.74) is 0.849. The number of methoxy groups -OCH3 is 1. The third-order valence-electron chi connectivity index (χ3n) is 2.20. The van der Waals surface area contributed by atoms with Crippen LogP contribution in [-0.4, -0.2) is 19.9 Å². The normalized spacial score (nSPS) is 12.3. The van der Waals surface area contributed by atoms with Gasteiger partial charge in [-0.05, 0) is 32.2 Å². The monoisotopic (exact) mass is 271 g/mol. The number of likely N-dealkylation sites (N-methyl/N-ethyl adjacent to an activating group) is 1. The summed E-state index contributed by atoms with van der Waals surface area (Å²) < 4.78 is 6.15. The van der Waals surface area contributed by atoms with E-state index in [4.69, 9.17) is 4.74 Å². The fourth-order valence-electron chi connectivity index (χ4n) is 1.51. The average Bonchev–Trinajstić information content (AvgIpc) is 2.18. The number of carbonyl (C=O) groups excluding carboxylic acids is 1. The zero-order valence-corrected chi connectivity index (χ0v) is 10.6. The highest BCUT2D eigenvalue weighted by Crippen LogP contribution is 2.28. The van der Waals surface area contributed by atoms with E-state index in [-0.39, 0.29) is 11.8 Å². The van der Waals surface area contributed by atoms with Crippen LogP contribution in [0.15, 0.2) is 22.7 Å². The fraction of sp³-hybridized carbons (Fsp3) is 0.364. The molecule has 1 aromatic rings. The van der Waals surface area contributed by atoms with Gasteiger partial charge in [0.1, 0.15) is 5.75 Å². The van der Waals surface area contributed by atoms with Crippen LogP contribution in [0, 0.1) is 0 Å². The van der Waals surface area contributed by atoms with Gasteiger partial charge in [0.05, 0.1) is 13.2 Å². The predicted molar refractivity (Wildman–Crippen MR) is 63.2 cm³/mol. The van der Waals surface area contributed by atoms with E-state index in [9.17, 15) is 4.79 Å². The van der Waals surface area contributed by atoms with E-state index in [2.05, 4.69) is 21.2 Å². The molecule has 1 N–H and O–H groups in total. The lowest BCUT2D eigenvalue weighted by Gasteiger charge is -2.16. The van der Waals surface area contributed by atoms with Crippen LogP contribution in [0.3, 0.4) is 0 Å². The average molecular weight is 272 g/mol. The van der Waals surface area contributed by atoms with E-state index in [1.54, 1.807) is 21.1 Å². The van der Waals surface area contributed by atoms with Crippen LogP contribution in [-0.2, 0) is 4.79 Å². The molecule has 82 valence electrons. The van der Waals surface area contributed by atoms with Gasteiger partial charge in [-0.1, -0.05) is 15.9 Å². The van der Waals surface area contributed by atoms with Crippen molar-refractivity contribution in [1.82, 2.24) is 5.32 Å². The topological polar surface area (TPSA) is 38.3 Å². The maximum atomic E-state index is 11.4. The molecular weight excluding hydrogens is 258 g/mol. The number of halogens is 1. The van der Waals surface area contributed by atoms with E-state index in [0.29, 0.717) is 5.75 Å². The first-order valence-corrected chi connectivity index (χ1v) is 5.40. The quantitative estimate of drug-likeness (QED) is 0.914. The fourth-order valence-corrected chi connectivity index (χ4v) is 1.89. The van der Waals surface area contributed by atoms with Crippen molar-refractivity contribution in [1.29, 1.82) is 0 Å². The second kappa shape index (κ2) is 5.28. The third kappa shape index (κ3) is 2.79. The smallest absolute Gasteiger partial charge is 0.151 e. The van der Waals surface area contributed by atoms with Crippen LogP contribution in [0.1, 0.15) is 18.5 Å². The molecule has 1 atom stereocenters. The Morgan fingerprint density at radius 3 is 2.67 bits per heavy atom. The summed E-state index contributed by atoms with van der Waals surface area (Å²) in [4.78, 5) is 11.4. The molecule has 0 saturated heterocycles. The van der Waals surface area contributed by atoms with Gasteiger partial charge in [0.2, 0.25) is 0 Å². The third-order valence-corrected chi connectivity index (χ3v) is 2.69. The molecule has 0 bridgehead atoms. The van der Waals surface area contributed by atoms with Crippen molar-refractivity contribution < 1.29 is 9.53 Å². The zero-order valence-electron chi connectivity index (χ0n) is 9.00. The second-order valence-corrected chi connectivity index (χ2v) is 4.13. The number of hydrogen-bond donors (Lipinski definition) is 1. The van der Waals surface area contributed by atoms with Crippen molar-refractivity contribution in [2.45, 2.75) is 13.0 Å². The molecule has 0 fully saturated rings. The number of ether oxygens (including phenoxy) is 1. The van der Waals surface area contributed by atoms with Gasteiger partial charge in [0.15, 0.2) is 5.78 Å². The molecule has 1 rings (SSSR count). The lowest BCUT2D eigenvalue weighted by molar-refractivity contribution is -0.119. The summed E-state index contributed by atoms with van der Waals surface area (Å²) in [6.07, 6.45) is 0. The summed E-state index contributed by atoms with van der Waals surface area (Å²) in [5, 5.41) is 2.97. The van der Waals surface area contributed by atoms with Crippen LogP contribution in [0.2, 0.25) is 0 Å². The van der Waals surface area contributed by atoms with E-state index in [0.717, 1.165) is 10.0 Å². The maximum Gasteiger partial charge on any atom is 0.151 e. The van der Waals surface area contributed by atoms with Gasteiger partial charge in [-0.15, -0.1) is 0 Å². The first kappa shape index (κ1) is 12.2. The summed E-state index contributed by atoms with van der Waals surface area (Å²) in [6, 6.07) is 5.29. The molecule has 0 aliphatic carbocycles. The summed E-state index contributed by atoms with van der Waals surface area (Å²) in [6.45, 7) is 1.56. The molecule has 0 spiro atoms. The Morgan fingerprint density at radius 2 is 2.20 bits per heavy atom. The largest absolute Gasteiger partial charge is 0.496 e. The summed E-state index contributed by atoms with van der Waals surface area (Å²) in [5.74, 6) is 0.779. The lowest BCUT2D eigenvalue weighted by Crippen LogP contribution is -2.23. The molecule has 0 aliphatic heterocycles. The van der Waals surface area contributed by atoms with Gasteiger partial charge in [0.25, 0.3) is 0 Å². The molecule has 3 nitrogen and oxygen atoms in total. The van der Waals surface area contributed by atoms with Gasteiger partial charge >= 0.3 is 0 Å². The van der Waals surface area contributed by atoms with Crippen molar-refractivity contribution in [2.75, 3.05) is 14.2 Å². The van der Waals surface area contributed by atoms with Crippen LogP contribution >= 0.6 is 15.9 Å². The Kier molecular flexibility index (Phi) is 4.29. The first-order chi connectivity index (χ1) is 7.10. The van der Waals surface area contributed by atoms with E-state index < -0.39 is 0 Å². The van der Waals surface area contributed by atoms with Gasteiger partial charge in [-0.3, -0.25) is 4.79 Å². The van der Waals surface area contributed by atoms with Crippen LogP contribution in [0.25, 0.3) is 0 Å². The van der Waals surface area contributed by atoms with Crippen molar-refractivity contribution in [3.63, 3.8) is 0 Å². The molecule has 15 heavy (non-hydrogen) atoms. The molecular formula is C11H14BrNO2. The molecule has 0 heterocycles. The number of nitrogens with one attached hydrogen (secondary N) is 1. The molecule has 1 aromatic carbocycles. The van der Waals surface area contributed by atoms with Gasteiger partial charge in [0, 0.05) is 10.0 Å². The SMILES string of the molecule is CNC(C(C)=O)c1cc(Br)ccc1OC.